The summed E-state index contributed by atoms with van der Waals surface area (Å²) in [5.41, 5.74) is 2.15. The van der Waals surface area contributed by atoms with Crippen LogP contribution in [-0.4, -0.2) is 28.2 Å². The lowest BCUT2D eigenvalue weighted by atomic mass is 9.97. The normalized spacial score (nSPS) is 17.7. The predicted octanol–water partition coefficient (Wildman–Crippen LogP) is 6.11. The van der Waals surface area contributed by atoms with Gasteiger partial charge in [-0.1, -0.05) is 48.5 Å². The number of carbonyl (C=O) groups is 1. The Morgan fingerprint density at radius 2 is 1.76 bits per heavy atom. The van der Waals surface area contributed by atoms with Crippen LogP contribution < -0.4 is 5.32 Å². The largest absolute Gasteiger partial charge is 0.490 e. The number of esters is 1. The molecule has 1 aliphatic carbocycles. The molecule has 0 aliphatic heterocycles. The number of H-pyrrole nitrogens is 1. The number of nitrogens with one attached hydrogen (secondary N) is 2. The number of aromatic amines is 1. The summed E-state index contributed by atoms with van der Waals surface area (Å²) in [6.45, 7) is 0.198. The molecule has 4 aromatic rings. The van der Waals surface area contributed by atoms with Gasteiger partial charge >= 0.3 is 18.3 Å². The number of alkyl halides is 6. The smallest absolute Gasteiger partial charge is 0.449 e. The molecule has 1 aliphatic rings. The number of nitrogens with zero attached hydrogens (tertiary/aromatic N) is 1. The molecule has 37 heavy (non-hydrogen) atoms. The summed E-state index contributed by atoms with van der Waals surface area (Å²) >= 11 is 0. The lowest BCUT2D eigenvalue weighted by Gasteiger charge is -2.23. The monoisotopic (exact) mass is 519 g/mol. The molecule has 11 heteroatoms. The van der Waals surface area contributed by atoms with Crippen LogP contribution in [0.25, 0.3) is 22.2 Å². The van der Waals surface area contributed by atoms with Crippen LogP contribution >= 0.6 is 0 Å². The molecule has 2 atom stereocenters. The molecular formula is C26H19F6N3O2. The zero-order valence-corrected chi connectivity index (χ0v) is 19.0. The molecule has 0 spiro atoms. The standard InChI is InChI=1S/C26H19F6N3O2/c27-25(28,29)19-11-21-20(34-13-35-21)10-18(19)15-7-5-14(6-8-15)12-33-22-9-16-3-1-2-4-17(16)23(22)37-24(36)26(30,31)32/h1-8,10-11,13,22-23,33H,9,12H2,(H,34,35). The SMILES string of the molecule is O=C(OC1c2ccccc2CC1NCc1ccc(-c2cc3nc[nH]c3cc2C(F)(F)F)cc1)C(F)(F)F. The zero-order chi connectivity index (χ0) is 26.4. The highest BCUT2D eigenvalue weighted by atomic mass is 19.4. The Labute approximate surface area is 206 Å². The minimum atomic E-state index is -5.12. The van der Waals surface area contributed by atoms with Gasteiger partial charge in [0.05, 0.1) is 29.0 Å². The van der Waals surface area contributed by atoms with E-state index >= 15 is 0 Å². The molecule has 5 nitrogen and oxygen atoms in total. The minimum absolute atomic E-state index is 0.0167. The number of fused-ring (bicyclic) bond motifs is 2. The average molecular weight is 519 g/mol. The van der Waals surface area contributed by atoms with Crippen LogP contribution in [-0.2, 0) is 28.7 Å². The Morgan fingerprint density at radius 3 is 2.46 bits per heavy atom. The summed E-state index contributed by atoms with van der Waals surface area (Å²) in [6, 6.07) is 14.9. The second-order valence-electron chi connectivity index (χ2n) is 8.73. The molecule has 0 fully saturated rings. The fourth-order valence-electron chi connectivity index (χ4n) is 4.57. The maximum Gasteiger partial charge on any atom is 0.490 e. The highest BCUT2D eigenvalue weighted by Gasteiger charge is 2.45. The lowest BCUT2D eigenvalue weighted by Crippen LogP contribution is -2.37. The summed E-state index contributed by atoms with van der Waals surface area (Å²) in [5, 5.41) is 3.13. The third kappa shape index (κ3) is 5.04. The molecular weight excluding hydrogens is 500 g/mol. The molecule has 0 radical (unpaired) electrons. The summed E-state index contributed by atoms with van der Waals surface area (Å²) in [7, 11) is 0. The maximum atomic E-state index is 13.7. The quantitative estimate of drug-likeness (QED) is 0.247. The van der Waals surface area contributed by atoms with Crippen LogP contribution in [0.2, 0.25) is 0 Å². The fraction of sp³-hybridized carbons (Fsp3) is 0.231. The third-order valence-corrected chi connectivity index (χ3v) is 6.33. The van der Waals surface area contributed by atoms with Gasteiger partial charge in [0.25, 0.3) is 0 Å². The van der Waals surface area contributed by atoms with Crippen LogP contribution in [0.3, 0.4) is 0 Å². The Hall–Kier alpha value is -3.86. The van der Waals surface area contributed by atoms with E-state index in [1.165, 1.54) is 12.4 Å². The molecule has 0 saturated carbocycles. The molecule has 2 N–H and O–H groups in total. The third-order valence-electron chi connectivity index (χ3n) is 6.33. The molecule has 0 saturated heterocycles. The summed E-state index contributed by atoms with van der Waals surface area (Å²) in [4.78, 5) is 18.2. The predicted molar refractivity (Wildman–Crippen MR) is 122 cm³/mol. The minimum Gasteiger partial charge on any atom is -0.449 e. The Balaban J connectivity index is 1.34. The van der Waals surface area contributed by atoms with Crippen molar-refractivity contribution in [3.05, 3.63) is 89.2 Å². The van der Waals surface area contributed by atoms with E-state index in [2.05, 4.69) is 15.3 Å². The first-order chi connectivity index (χ1) is 17.5. The summed E-state index contributed by atoms with van der Waals surface area (Å²) in [6.07, 6.45) is -9.15. The van der Waals surface area contributed by atoms with E-state index in [0.717, 1.165) is 11.6 Å². The molecule has 2 unspecified atom stereocenters. The van der Waals surface area contributed by atoms with E-state index < -0.39 is 36.0 Å². The Kier molecular flexibility index (Phi) is 6.18. The van der Waals surface area contributed by atoms with Crippen molar-refractivity contribution in [1.29, 1.82) is 0 Å². The van der Waals surface area contributed by atoms with Gasteiger partial charge < -0.3 is 15.0 Å². The van der Waals surface area contributed by atoms with E-state index in [0.29, 0.717) is 28.6 Å². The number of aromatic nitrogens is 2. The number of imidazole rings is 1. The number of halogens is 6. The van der Waals surface area contributed by atoms with Crippen molar-refractivity contribution in [1.82, 2.24) is 15.3 Å². The molecule has 5 rings (SSSR count). The molecule has 1 heterocycles. The molecule has 3 aromatic carbocycles. The van der Waals surface area contributed by atoms with E-state index in [1.807, 2.05) is 0 Å². The van der Waals surface area contributed by atoms with Crippen LogP contribution in [0.4, 0.5) is 26.3 Å². The highest BCUT2D eigenvalue weighted by Crippen LogP contribution is 2.39. The average Bonchev–Trinajstić information content (AvgIpc) is 3.45. The fourth-order valence-corrected chi connectivity index (χ4v) is 4.57. The van der Waals surface area contributed by atoms with Gasteiger partial charge in [0.1, 0.15) is 6.10 Å². The second-order valence-corrected chi connectivity index (χ2v) is 8.73. The van der Waals surface area contributed by atoms with E-state index in [9.17, 15) is 31.1 Å². The van der Waals surface area contributed by atoms with E-state index in [1.54, 1.807) is 48.5 Å². The van der Waals surface area contributed by atoms with Crippen LogP contribution in [0.15, 0.2) is 67.0 Å². The van der Waals surface area contributed by atoms with Gasteiger partial charge in [-0.2, -0.15) is 26.3 Å². The Morgan fingerprint density at radius 1 is 1.03 bits per heavy atom. The number of rotatable bonds is 5. The van der Waals surface area contributed by atoms with Crippen molar-refractivity contribution in [2.24, 2.45) is 0 Å². The molecule has 0 bridgehead atoms. The van der Waals surface area contributed by atoms with Crippen LogP contribution in [0.1, 0.15) is 28.4 Å². The molecule has 1 aromatic heterocycles. The van der Waals surface area contributed by atoms with Crippen molar-refractivity contribution in [3.8, 4) is 11.1 Å². The van der Waals surface area contributed by atoms with Crippen molar-refractivity contribution in [2.75, 3.05) is 0 Å². The van der Waals surface area contributed by atoms with E-state index in [-0.39, 0.29) is 17.6 Å². The number of carbonyl (C=O) groups excluding carboxylic acids is 1. The first kappa shape index (κ1) is 24.8. The lowest BCUT2D eigenvalue weighted by molar-refractivity contribution is -0.206. The van der Waals surface area contributed by atoms with Gasteiger partial charge in [0, 0.05) is 6.54 Å². The summed E-state index contributed by atoms with van der Waals surface area (Å²) in [5.74, 6) is -2.26. The van der Waals surface area contributed by atoms with E-state index in [4.69, 9.17) is 4.74 Å². The van der Waals surface area contributed by atoms with Crippen LogP contribution in [0, 0.1) is 0 Å². The van der Waals surface area contributed by atoms with Crippen molar-refractivity contribution < 1.29 is 35.9 Å². The number of ether oxygens (including phenoxy) is 1. The van der Waals surface area contributed by atoms with Crippen molar-refractivity contribution >= 4 is 17.0 Å². The highest BCUT2D eigenvalue weighted by molar-refractivity contribution is 5.84. The second kappa shape index (κ2) is 9.22. The first-order valence-corrected chi connectivity index (χ1v) is 11.2. The molecule has 0 amide bonds. The zero-order valence-electron chi connectivity index (χ0n) is 19.0. The van der Waals surface area contributed by atoms with Crippen molar-refractivity contribution in [2.45, 2.75) is 37.5 Å². The summed E-state index contributed by atoms with van der Waals surface area (Å²) < 4.78 is 84.4. The number of hydrogen-bond acceptors (Lipinski definition) is 4. The van der Waals surface area contributed by atoms with Crippen LogP contribution in [0.5, 0.6) is 0 Å². The van der Waals surface area contributed by atoms with Gasteiger partial charge in [0.15, 0.2) is 0 Å². The number of benzene rings is 3. The Bertz CT molecular complexity index is 1440. The van der Waals surface area contributed by atoms with Gasteiger partial charge in [-0.15, -0.1) is 0 Å². The first-order valence-electron chi connectivity index (χ1n) is 11.2. The molecule has 192 valence electrons. The topological polar surface area (TPSA) is 67.0 Å². The van der Waals surface area contributed by atoms with Gasteiger partial charge in [0.2, 0.25) is 0 Å². The van der Waals surface area contributed by atoms with Gasteiger partial charge in [-0.25, -0.2) is 9.78 Å². The van der Waals surface area contributed by atoms with Crippen molar-refractivity contribution in [3.63, 3.8) is 0 Å². The number of hydrogen-bond donors (Lipinski definition) is 2. The van der Waals surface area contributed by atoms with Gasteiger partial charge in [-0.3, -0.25) is 0 Å². The van der Waals surface area contributed by atoms with Gasteiger partial charge in [-0.05, 0) is 46.4 Å². The maximum absolute atomic E-state index is 13.7.